The Morgan fingerprint density at radius 3 is 1.26 bits per heavy atom. The monoisotopic (exact) mass is 1540 g/mol. The van der Waals surface area contributed by atoms with Gasteiger partial charge in [0.05, 0.1) is 50.7 Å². The molecular formula is C85H158N2O21. The number of rotatable bonds is 70. The van der Waals surface area contributed by atoms with Gasteiger partial charge in [-0.25, -0.2) is 4.79 Å². The molecule has 0 bridgehead atoms. The van der Waals surface area contributed by atoms with E-state index >= 15 is 0 Å². The number of carbonyl (C=O) groups excluding carboxylic acids is 2. The summed E-state index contributed by atoms with van der Waals surface area (Å²) in [6.07, 6.45) is 43.6. The maximum Gasteiger partial charge on any atom is 0.364 e. The Balaban J connectivity index is 1.47. The Morgan fingerprint density at radius 2 is 0.870 bits per heavy atom. The number of allylic oxidation sites excluding steroid dienone is 3. The summed E-state index contributed by atoms with van der Waals surface area (Å²) >= 11 is 0. The van der Waals surface area contributed by atoms with E-state index in [4.69, 9.17) is 28.4 Å². The minimum atomic E-state index is -3.08. The van der Waals surface area contributed by atoms with E-state index in [2.05, 4.69) is 36.6 Å². The molecule has 3 heterocycles. The van der Waals surface area contributed by atoms with Crippen molar-refractivity contribution < 1.29 is 104 Å². The molecule has 0 aliphatic carbocycles. The van der Waals surface area contributed by atoms with Gasteiger partial charge in [-0.05, 0) is 44.9 Å². The van der Waals surface area contributed by atoms with Crippen LogP contribution in [0.1, 0.15) is 361 Å². The predicted octanol–water partition coefficient (Wildman–Crippen LogP) is 13.1. The van der Waals surface area contributed by atoms with Crippen molar-refractivity contribution >= 4 is 17.8 Å². The predicted molar refractivity (Wildman–Crippen MR) is 421 cm³/mol. The van der Waals surface area contributed by atoms with E-state index in [1.165, 1.54) is 270 Å². The minimum Gasteiger partial charge on any atom is -0.477 e. The van der Waals surface area contributed by atoms with Gasteiger partial charge in [-0.3, -0.25) is 9.59 Å². The third-order valence-electron chi connectivity index (χ3n) is 22.1. The molecule has 23 nitrogen and oxygen atoms in total. The number of carboxylic acids is 1. The molecule has 0 aromatic heterocycles. The van der Waals surface area contributed by atoms with Crippen LogP contribution < -0.4 is 10.6 Å². The van der Waals surface area contributed by atoms with Gasteiger partial charge in [0.25, 0.3) is 5.79 Å². The first-order valence-corrected chi connectivity index (χ1v) is 43.7. The molecule has 18 atom stereocenters. The molecule has 634 valence electrons. The number of ether oxygens (including phenoxy) is 6. The number of aliphatic hydroxyl groups is 11. The van der Waals surface area contributed by atoms with Crippen molar-refractivity contribution in [1.29, 1.82) is 0 Å². The number of hydrogen-bond acceptors (Lipinski definition) is 20. The average Bonchev–Trinajstić information content (AvgIpc) is 0.755. The number of nitrogens with one attached hydrogen (secondary N) is 2. The topological polar surface area (TPSA) is 373 Å². The smallest absolute Gasteiger partial charge is 0.364 e. The summed E-state index contributed by atoms with van der Waals surface area (Å²) in [5.41, 5.74) is 0. The van der Waals surface area contributed by atoms with E-state index in [-0.39, 0.29) is 12.3 Å². The lowest BCUT2D eigenvalue weighted by Gasteiger charge is -2.50. The summed E-state index contributed by atoms with van der Waals surface area (Å²) in [6.45, 7) is 2.21. The molecule has 3 fully saturated rings. The fourth-order valence-electron chi connectivity index (χ4n) is 15.2. The fraction of sp³-hybridized carbons (Fsp3) is 0.918. The molecule has 3 rings (SSSR count). The van der Waals surface area contributed by atoms with E-state index in [1.807, 2.05) is 6.08 Å². The molecule has 0 saturated carbocycles. The molecule has 3 saturated heterocycles. The lowest BCUT2D eigenvalue weighted by Crippen LogP contribution is -2.70. The molecule has 3 aliphatic rings. The highest BCUT2D eigenvalue weighted by Gasteiger charge is 2.60. The van der Waals surface area contributed by atoms with Crippen LogP contribution in [-0.2, 0) is 42.8 Å². The van der Waals surface area contributed by atoms with E-state index in [1.54, 1.807) is 6.08 Å². The summed E-state index contributed by atoms with van der Waals surface area (Å²) in [6, 6.07) is -2.62. The van der Waals surface area contributed by atoms with Gasteiger partial charge < -0.3 is 100 Å². The zero-order chi connectivity index (χ0) is 78.8. The molecule has 18 unspecified atom stereocenters. The molecular weight excluding hydrogens is 1380 g/mol. The van der Waals surface area contributed by atoms with Crippen molar-refractivity contribution in [3.05, 3.63) is 24.3 Å². The number of aliphatic carboxylic acids is 1. The first-order chi connectivity index (χ1) is 52.4. The third kappa shape index (κ3) is 42.5. The van der Waals surface area contributed by atoms with Crippen molar-refractivity contribution in [2.45, 2.75) is 471 Å². The van der Waals surface area contributed by atoms with Crippen molar-refractivity contribution in [2.24, 2.45) is 0 Å². The summed E-state index contributed by atoms with van der Waals surface area (Å²) in [4.78, 5) is 38.8. The van der Waals surface area contributed by atoms with Gasteiger partial charge in [-0.1, -0.05) is 321 Å². The van der Waals surface area contributed by atoms with Crippen LogP contribution in [0.3, 0.4) is 0 Å². The Labute approximate surface area is 651 Å². The van der Waals surface area contributed by atoms with Crippen molar-refractivity contribution in [3.63, 3.8) is 0 Å². The van der Waals surface area contributed by atoms with Gasteiger partial charge in [0, 0.05) is 19.8 Å². The van der Waals surface area contributed by atoms with Gasteiger partial charge in [-0.2, -0.15) is 0 Å². The molecule has 0 aromatic rings. The van der Waals surface area contributed by atoms with E-state index < -0.39 is 155 Å². The van der Waals surface area contributed by atoms with Crippen LogP contribution >= 0.6 is 0 Å². The summed E-state index contributed by atoms with van der Waals surface area (Å²) in [7, 11) is 0. The van der Waals surface area contributed by atoms with Crippen molar-refractivity contribution in [2.75, 3.05) is 26.4 Å². The normalized spacial score (nSPS) is 25.9. The molecule has 14 N–H and O–H groups in total. The van der Waals surface area contributed by atoms with Crippen LogP contribution in [-0.4, -0.2) is 215 Å². The molecule has 23 heteroatoms. The molecule has 3 aliphatic heterocycles. The standard InChI is InChI=1S/C85H158N2O21/c1-4-6-8-10-12-14-16-18-20-22-24-26-28-29-30-31-32-33-34-35-37-39-41-43-45-47-49-51-53-55-57-59-72(95)87-66(67(92)58-56-54-52-50-48-46-44-42-40-38-36-27-25-23-21-19-17-15-13-11-9-7-5-2)64-103-82-77(99)76(98)79(71(63-90)105-82)106-83-78(100)81(75(97)70(62-89)104-83)108-85(84(101)102)60-68(93)73(86-65(3)91)80(107-85)74(96)69(94)61-88/h29-30,56,58,66-71,73-83,88-90,92-94,96-100H,4-28,31-55,57,59-64H2,1-3H3,(H,86,91)(H,87,95)(H,101,102)/b30-29-,58-56+. The Morgan fingerprint density at radius 1 is 0.481 bits per heavy atom. The number of carboxylic acid groups (broad SMARTS) is 1. The summed E-state index contributed by atoms with van der Waals surface area (Å²) in [5, 5.41) is 137. The van der Waals surface area contributed by atoms with Crippen molar-refractivity contribution in [1.82, 2.24) is 10.6 Å². The molecule has 2 amide bonds. The summed E-state index contributed by atoms with van der Waals surface area (Å²) in [5.74, 6) is -6.13. The first kappa shape index (κ1) is 99.4. The Kier molecular flexibility index (Phi) is 58.5. The lowest BCUT2D eigenvalue weighted by molar-refractivity contribution is -0.386. The van der Waals surface area contributed by atoms with Gasteiger partial charge >= 0.3 is 5.97 Å². The number of hydrogen-bond donors (Lipinski definition) is 14. The Bertz CT molecular complexity index is 2240. The maximum absolute atomic E-state index is 13.6. The third-order valence-corrected chi connectivity index (χ3v) is 22.1. The van der Waals surface area contributed by atoms with Crippen molar-refractivity contribution in [3.8, 4) is 0 Å². The Hall–Kier alpha value is -2.79. The number of carbonyl (C=O) groups is 3. The maximum atomic E-state index is 13.6. The minimum absolute atomic E-state index is 0.203. The number of aliphatic hydroxyl groups excluding tert-OH is 11. The highest BCUT2D eigenvalue weighted by Crippen LogP contribution is 2.39. The first-order valence-electron chi connectivity index (χ1n) is 43.7. The van der Waals surface area contributed by atoms with Crippen LogP contribution in [0.4, 0.5) is 0 Å². The molecule has 0 aromatic carbocycles. The van der Waals surface area contributed by atoms with E-state index in [0.717, 1.165) is 51.9 Å². The van der Waals surface area contributed by atoms with Crippen LogP contribution in [0.5, 0.6) is 0 Å². The van der Waals surface area contributed by atoms with Crippen LogP contribution in [0.2, 0.25) is 0 Å². The second-order valence-electron chi connectivity index (χ2n) is 31.8. The SMILES string of the molecule is CCCCCCCCCCCCCC/C=C\CCCCCCCCCCCCCCCCCC(=O)NC(COC1OC(CO)C(OC2OC(CO)C(O)C(OC3(C(=O)O)CC(O)C(NC(C)=O)C(C(O)C(O)CO)O3)C2O)C(O)C1O)C(O)/C=C/CCCCCCCCCCCCCCCCCCCCCCC. The molecule has 0 radical (unpaired) electrons. The van der Waals surface area contributed by atoms with Gasteiger partial charge in [-0.15, -0.1) is 0 Å². The quantitative estimate of drug-likeness (QED) is 0.0199. The average molecular weight is 1540 g/mol. The summed E-state index contributed by atoms with van der Waals surface area (Å²) < 4.78 is 35.0. The highest BCUT2D eigenvalue weighted by molar-refractivity contribution is 5.77. The van der Waals surface area contributed by atoms with Crippen LogP contribution in [0, 0.1) is 0 Å². The van der Waals surface area contributed by atoms with Gasteiger partial charge in [0.15, 0.2) is 12.6 Å². The highest BCUT2D eigenvalue weighted by atomic mass is 16.8. The van der Waals surface area contributed by atoms with Gasteiger partial charge in [0.1, 0.15) is 67.1 Å². The fourth-order valence-corrected chi connectivity index (χ4v) is 15.2. The van der Waals surface area contributed by atoms with Gasteiger partial charge in [0.2, 0.25) is 11.8 Å². The molecule has 0 spiro atoms. The second-order valence-corrected chi connectivity index (χ2v) is 31.8. The molecule has 108 heavy (non-hydrogen) atoms. The second kappa shape index (κ2) is 63.5. The lowest BCUT2D eigenvalue weighted by atomic mass is 9.88. The number of amides is 2. The van der Waals surface area contributed by atoms with E-state index in [9.17, 15) is 75.7 Å². The largest absolute Gasteiger partial charge is 0.477 e. The number of unbranched alkanes of at least 4 members (excludes halogenated alkanes) is 48. The van der Waals surface area contributed by atoms with Crippen LogP contribution in [0.15, 0.2) is 24.3 Å². The van der Waals surface area contributed by atoms with E-state index in [0.29, 0.717) is 12.8 Å². The zero-order valence-corrected chi connectivity index (χ0v) is 67.5. The zero-order valence-electron chi connectivity index (χ0n) is 67.5. The van der Waals surface area contributed by atoms with Crippen LogP contribution in [0.25, 0.3) is 0 Å².